The number of carbonyl (C=O) groups is 1. The normalized spacial score (nSPS) is 24.2. The molecule has 1 unspecified atom stereocenters. The van der Waals surface area contributed by atoms with E-state index < -0.39 is 23.6 Å². The first-order chi connectivity index (χ1) is 10.3. The Balaban J connectivity index is 1.75. The molecule has 120 valence electrons. The number of benzene rings is 1. The minimum Gasteiger partial charge on any atom is -0.379 e. The number of piperidine rings is 1. The zero-order chi connectivity index (χ0) is 16.0. The summed E-state index contributed by atoms with van der Waals surface area (Å²) in [5.41, 5.74) is 0.183. The summed E-state index contributed by atoms with van der Waals surface area (Å²) in [7, 11) is 0. The largest absolute Gasteiger partial charge is 0.393 e. The third kappa shape index (κ3) is 2.72. The Bertz CT molecular complexity index is 560. The van der Waals surface area contributed by atoms with E-state index in [0.717, 1.165) is 11.1 Å². The van der Waals surface area contributed by atoms with Crippen molar-refractivity contribution in [1.82, 2.24) is 4.90 Å². The minimum absolute atomic E-state index is 0.0476. The second-order valence-electron chi connectivity index (χ2n) is 6.29. The zero-order valence-electron chi connectivity index (χ0n) is 12.1. The monoisotopic (exact) mass is 313 g/mol. The summed E-state index contributed by atoms with van der Waals surface area (Å²) in [4.78, 5) is 13.8. The van der Waals surface area contributed by atoms with Crippen LogP contribution in [0.4, 0.5) is 13.2 Å². The van der Waals surface area contributed by atoms with Crippen molar-refractivity contribution in [3.05, 3.63) is 35.4 Å². The number of alkyl halides is 3. The second kappa shape index (κ2) is 5.26. The Morgan fingerprint density at radius 3 is 2.36 bits per heavy atom. The van der Waals surface area contributed by atoms with Crippen LogP contribution in [0.5, 0.6) is 0 Å². The van der Waals surface area contributed by atoms with Crippen LogP contribution in [0.15, 0.2) is 24.3 Å². The molecule has 1 saturated heterocycles. The molecule has 22 heavy (non-hydrogen) atoms. The average Bonchev–Trinajstić information content (AvgIpc) is 2.83. The smallest absolute Gasteiger partial charge is 0.379 e. The highest BCUT2D eigenvalue weighted by Crippen LogP contribution is 2.36. The zero-order valence-corrected chi connectivity index (χ0v) is 12.1. The lowest BCUT2D eigenvalue weighted by Gasteiger charge is -2.37. The SMILES string of the molecule is O=C(N1CCCC(C(F)(F)F)C1)C1(O)Cc2ccccc2C1. The molecule has 6 heteroatoms. The van der Waals surface area contributed by atoms with Gasteiger partial charge in [0.1, 0.15) is 0 Å². The summed E-state index contributed by atoms with van der Waals surface area (Å²) in [6.07, 6.45) is -3.57. The van der Waals surface area contributed by atoms with Crippen molar-refractivity contribution in [2.24, 2.45) is 5.92 Å². The summed E-state index contributed by atoms with van der Waals surface area (Å²) in [6.45, 7) is -0.0644. The number of hydrogen-bond donors (Lipinski definition) is 1. The third-order valence-corrected chi connectivity index (χ3v) is 4.65. The number of aliphatic hydroxyl groups is 1. The molecule has 0 spiro atoms. The number of nitrogens with zero attached hydrogens (tertiary/aromatic N) is 1. The number of amides is 1. The molecule has 0 aromatic heterocycles. The Morgan fingerprint density at radius 1 is 1.23 bits per heavy atom. The summed E-state index contributed by atoms with van der Waals surface area (Å²) in [5.74, 6) is -2.06. The van der Waals surface area contributed by atoms with Crippen molar-refractivity contribution in [3.63, 3.8) is 0 Å². The molecule has 3 nitrogen and oxygen atoms in total. The molecule has 1 aliphatic heterocycles. The van der Waals surface area contributed by atoms with Gasteiger partial charge in [-0.15, -0.1) is 0 Å². The van der Waals surface area contributed by atoms with E-state index in [1.54, 1.807) is 0 Å². The van der Waals surface area contributed by atoms with E-state index in [4.69, 9.17) is 0 Å². The molecule has 1 aromatic rings. The van der Waals surface area contributed by atoms with Crippen LogP contribution < -0.4 is 0 Å². The fourth-order valence-corrected chi connectivity index (χ4v) is 3.47. The number of fused-ring (bicyclic) bond motifs is 1. The maximum atomic E-state index is 12.9. The van der Waals surface area contributed by atoms with Crippen molar-refractivity contribution in [2.45, 2.75) is 37.5 Å². The van der Waals surface area contributed by atoms with Crippen LogP contribution >= 0.6 is 0 Å². The number of hydrogen-bond acceptors (Lipinski definition) is 2. The van der Waals surface area contributed by atoms with Crippen LogP contribution in [-0.4, -0.2) is 40.8 Å². The first-order valence-corrected chi connectivity index (χ1v) is 7.45. The predicted molar refractivity (Wildman–Crippen MR) is 74.2 cm³/mol. The molecule has 0 bridgehead atoms. The van der Waals surface area contributed by atoms with Crippen LogP contribution in [-0.2, 0) is 17.6 Å². The first-order valence-electron chi connectivity index (χ1n) is 7.45. The van der Waals surface area contributed by atoms with Crippen LogP contribution in [0.2, 0.25) is 0 Å². The van der Waals surface area contributed by atoms with Crippen molar-refractivity contribution < 1.29 is 23.1 Å². The molecular formula is C16H18F3NO2. The molecule has 1 atom stereocenters. The Kier molecular flexibility index (Phi) is 3.67. The molecule has 1 fully saturated rings. The summed E-state index contributed by atoms with van der Waals surface area (Å²) >= 11 is 0. The standard InChI is InChI=1S/C16H18F3NO2/c17-16(18,19)13-6-3-7-20(10-13)14(21)15(22)8-11-4-1-2-5-12(11)9-15/h1-2,4-5,13,22H,3,6-10H2. The fraction of sp³-hybridized carbons (Fsp3) is 0.562. The Hall–Kier alpha value is -1.56. The molecular weight excluding hydrogens is 295 g/mol. The summed E-state index contributed by atoms with van der Waals surface area (Å²) in [6, 6.07) is 7.34. The molecule has 1 aliphatic carbocycles. The topological polar surface area (TPSA) is 40.5 Å². The third-order valence-electron chi connectivity index (χ3n) is 4.65. The van der Waals surface area contributed by atoms with Gasteiger partial charge in [0.25, 0.3) is 5.91 Å². The van der Waals surface area contributed by atoms with E-state index in [0.29, 0.717) is 6.42 Å². The van der Waals surface area contributed by atoms with Gasteiger partial charge in [-0.1, -0.05) is 24.3 Å². The molecule has 1 amide bonds. The van der Waals surface area contributed by atoms with Gasteiger partial charge in [0.05, 0.1) is 5.92 Å². The van der Waals surface area contributed by atoms with Gasteiger partial charge in [-0.2, -0.15) is 13.2 Å². The first kappa shape index (κ1) is 15.3. The van der Waals surface area contributed by atoms with Gasteiger partial charge in [0.15, 0.2) is 5.60 Å². The Labute approximate surface area is 126 Å². The van der Waals surface area contributed by atoms with Crippen LogP contribution in [0, 0.1) is 5.92 Å². The van der Waals surface area contributed by atoms with Crippen molar-refractivity contribution in [2.75, 3.05) is 13.1 Å². The highest BCUT2D eigenvalue weighted by molar-refractivity contribution is 5.87. The number of halogens is 3. The maximum absolute atomic E-state index is 12.9. The highest BCUT2D eigenvalue weighted by Gasteiger charge is 2.48. The van der Waals surface area contributed by atoms with Gasteiger partial charge in [-0.25, -0.2) is 0 Å². The second-order valence-corrected chi connectivity index (χ2v) is 6.29. The van der Waals surface area contributed by atoms with Gasteiger partial charge >= 0.3 is 6.18 Å². The lowest BCUT2D eigenvalue weighted by Crippen LogP contribution is -2.54. The quantitative estimate of drug-likeness (QED) is 0.864. The van der Waals surface area contributed by atoms with E-state index in [1.165, 1.54) is 4.90 Å². The van der Waals surface area contributed by atoms with E-state index in [2.05, 4.69) is 0 Å². The van der Waals surface area contributed by atoms with Crippen LogP contribution in [0.25, 0.3) is 0 Å². The fourth-order valence-electron chi connectivity index (χ4n) is 3.47. The predicted octanol–water partition coefficient (Wildman–Crippen LogP) is 2.32. The van der Waals surface area contributed by atoms with Gasteiger partial charge in [0, 0.05) is 25.9 Å². The van der Waals surface area contributed by atoms with E-state index in [-0.39, 0.29) is 32.4 Å². The average molecular weight is 313 g/mol. The van der Waals surface area contributed by atoms with Crippen LogP contribution in [0.1, 0.15) is 24.0 Å². The van der Waals surface area contributed by atoms with E-state index >= 15 is 0 Å². The van der Waals surface area contributed by atoms with Gasteiger partial charge in [0.2, 0.25) is 0 Å². The van der Waals surface area contributed by atoms with Crippen molar-refractivity contribution in [1.29, 1.82) is 0 Å². The number of carbonyl (C=O) groups excluding carboxylic acids is 1. The molecule has 1 aromatic carbocycles. The van der Waals surface area contributed by atoms with Crippen molar-refractivity contribution in [3.8, 4) is 0 Å². The van der Waals surface area contributed by atoms with E-state index in [9.17, 15) is 23.1 Å². The van der Waals surface area contributed by atoms with Crippen LogP contribution in [0.3, 0.4) is 0 Å². The van der Waals surface area contributed by atoms with E-state index in [1.807, 2.05) is 24.3 Å². The lowest BCUT2D eigenvalue weighted by atomic mass is 9.93. The lowest BCUT2D eigenvalue weighted by molar-refractivity contribution is -0.191. The molecule has 1 heterocycles. The number of likely N-dealkylation sites (tertiary alicyclic amines) is 1. The maximum Gasteiger partial charge on any atom is 0.393 e. The molecule has 1 N–H and O–H groups in total. The molecule has 0 radical (unpaired) electrons. The molecule has 2 aliphatic rings. The molecule has 0 saturated carbocycles. The van der Waals surface area contributed by atoms with Crippen molar-refractivity contribution >= 4 is 5.91 Å². The minimum atomic E-state index is -4.29. The summed E-state index contributed by atoms with van der Waals surface area (Å²) < 4.78 is 38.6. The molecule has 3 rings (SSSR count). The summed E-state index contributed by atoms with van der Waals surface area (Å²) in [5, 5.41) is 10.7. The van der Waals surface area contributed by atoms with Gasteiger partial charge in [-0.3, -0.25) is 4.79 Å². The number of rotatable bonds is 1. The highest BCUT2D eigenvalue weighted by atomic mass is 19.4. The Morgan fingerprint density at radius 2 is 1.82 bits per heavy atom. The van der Waals surface area contributed by atoms with Gasteiger partial charge < -0.3 is 10.0 Å². The van der Waals surface area contributed by atoms with Gasteiger partial charge in [-0.05, 0) is 24.0 Å².